The van der Waals surface area contributed by atoms with Crippen LogP contribution in [0.15, 0.2) is 0 Å². The maximum absolute atomic E-state index is 9.76. The lowest BCUT2D eigenvalue weighted by molar-refractivity contribution is -0.137. The van der Waals surface area contributed by atoms with Crippen LogP contribution in [0.3, 0.4) is 0 Å². The molecule has 0 rings (SSSR count). The van der Waals surface area contributed by atoms with E-state index in [2.05, 4.69) is 12.6 Å². The van der Waals surface area contributed by atoms with Crippen LogP contribution in [0.1, 0.15) is 0 Å². The average molecular weight is 181 g/mol. The summed E-state index contributed by atoms with van der Waals surface area (Å²) < 4.78 is 0. The van der Waals surface area contributed by atoms with Crippen molar-refractivity contribution in [2.75, 3.05) is 18.8 Å². The number of carbonyl (C=O) groups is 1. The van der Waals surface area contributed by atoms with Gasteiger partial charge in [-0.15, -0.1) is 0 Å². The fourth-order valence-electron chi connectivity index (χ4n) is 0.0781. The quantitative estimate of drug-likeness (QED) is 0.331. The number of aliphatic carboxylic acids is 1. The molecule has 0 fully saturated rings. The highest BCUT2D eigenvalue weighted by molar-refractivity contribution is 7.80. The van der Waals surface area contributed by atoms with Crippen LogP contribution in [0.2, 0.25) is 0 Å². The van der Waals surface area contributed by atoms with Crippen molar-refractivity contribution in [1.29, 1.82) is 0 Å². The smallest absolute Gasteiger partial charge is 0.321 e. The fraction of sp³-hybridized carbons (Fsp3) is 0.800. The van der Waals surface area contributed by atoms with Gasteiger partial charge in [-0.3, -0.25) is 4.79 Å². The number of hydrogen-bond donors (Lipinski definition) is 5. The normalized spacial score (nSPS) is 11.3. The molecule has 6 heteroatoms. The van der Waals surface area contributed by atoms with E-state index >= 15 is 0 Å². The number of hydrogen-bond acceptors (Lipinski definition) is 5. The molecule has 0 amide bonds. The van der Waals surface area contributed by atoms with Crippen molar-refractivity contribution in [3.8, 4) is 0 Å². The van der Waals surface area contributed by atoms with Gasteiger partial charge in [-0.25, -0.2) is 0 Å². The van der Waals surface area contributed by atoms with E-state index in [1.165, 1.54) is 0 Å². The first kappa shape index (κ1) is 13.3. The molecule has 0 spiro atoms. The molecule has 0 bridgehead atoms. The van der Waals surface area contributed by atoms with Gasteiger partial charge in [0.25, 0.3) is 0 Å². The van der Waals surface area contributed by atoms with Crippen LogP contribution in [0.4, 0.5) is 0 Å². The minimum atomic E-state index is -1.00. The van der Waals surface area contributed by atoms with E-state index in [0.717, 1.165) is 0 Å². The minimum Gasteiger partial charge on any atom is -0.480 e. The Morgan fingerprint density at radius 1 is 1.45 bits per heavy atom. The summed E-state index contributed by atoms with van der Waals surface area (Å²) in [7, 11) is 0. The fourth-order valence-corrected chi connectivity index (χ4v) is 0.234. The Morgan fingerprint density at radius 2 is 1.82 bits per heavy atom. The van der Waals surface area contributed by atoms with Gasteiger partial charge in [-0.2, -0.15) is 12.6 Å². The van der Waals surface area contributed by atoms with Gasteiger partial charge in [0.2, 0.25) is 0 Å². The van der Waals surface area contributed by atoms with Crippen molar-refractivity contribution in [3.05, 3.63) is 0 Å². The van der Waals surface area contributed by atoms with E-state index in [1.807, 2.05) is 0 Å². The summed E-state index contributed by atoms with van der Waals surface area (Å²) in [5.41, 5.74) is 14.7. The maximum atomic E-state index is 9.76. The zero-order valence-corrected chi connectivity index (χ0v) is 7.13. The van der Waals surface area contributed by atoms with E-state index < -0.39 is 12.0 Å². The summed E-state index contributed by atoms with van der Waals surface area (Å²) in [6.45, 7) is 1.19. The van der Waals surface area contributed by atoms with E-state index in [0.29, 0.717) is 13.1 Å². The van der Waals surface area contributed by atoms with Gasteiger partial charge in [-0.1, -0.05) is 0 Å². The van der Waals surface area contributed by atoms with Gasteiger partial charge in [0.05, 0.1) is 0 Å². The van der Waals surface area contributed by atoms with Gasteiger partial charge >= 0.3 is 5.97 Å². The minimum absolute atomic E-state index is 0.190. The van der Waals surface area contributed by atoms with Crippen LogP contribution in [-0.4, -0.2) is 36.0 Å². The number of rotatable bonds is 3. The molecule has 1 atom stereocenters. The highest BCUT2D eigenvalue weighted by atomic mass is 32.1. The zero-order chi connectivity index (χ0) is 9.28. The Labute approximate surface area is 71.3 Å². The largest absolute Gasteiger partial charge is 0.480 e. The molecule has 0 heterocycles. The van der Waals surface area contributed by atoms with Crippen LogP contribution in [-0.2, 0) is 4.79 Å². The summed E-state index contributed by atoms with van der Waals surface area (Å²) in [6.07, 6.45) is 0. The van der Waals surface area contributed by atoms with Gasteiger partial charge in [0, 0.05) is 18.8 Å². The summed E-state index contributed by atoms with van der Waals surface area (Å²) in [4.78, 5) is 9.76. The van der Waals surface area contributed by atoms with Crippen LogP contribution < -0.4 is 17.2 Å². The highest BCUT2D eigenvalue weighted by Gasteiger charge is 2.06. The molecule has 0 aromatic carbocycles. The molecular weight excluding hydrogens is 166 g/mol. The van der Waals surface area contributed by atoms with Crippen molar-refractivity contribution in [2.24, 2.45) is 17.2 Å². The summed E-state index contributed by atoms with van der Waals surface area (Å²) >= 11 is 3.65. The average Bonchev–Trinajstić information content (AvgIpc) is 2.03. The third kappa shape index (κ3) is 12.8. The van der Waals surface area contributed by atoms with Crippen LogP contribution >= 0.6 is 12.6 Å². The van der Waals surface area contributed by atoms with Crippen LogP contribution in [0.5, 0.6) is 0 Å². The lowest BCUT2D eigenvalue weighted by Gasteiger charge is -1.96. The SMILES string of the molecule is NC(CS)C(=O)O.NCCN. The molecule has 5 nitrogen and oxygen atoms in total. The second-order valence-electron chi connectivity index (χ2n) is 1.70. The van der Waals surface area contributed by atoms with Gasteiger partial charge in [0.1, 0.15) is 6.04 Å². The zero-order valence-electron chi connectivity index (χ0n) is 6.23. The van der Waals surface area contributed by atoms with E-state index in [4.69, 9.17) is 22.3 Å². The molecule has 0 aliphatic carbocycles. The first-order valence-electron chi connectivity index (χ1n) is 3.09. The molecule has 0 saturated carbocycles. The van der Waals surface area contributed by atoms with Gasteiger partial charge in [0.15, 0.2) is 0 Å². The van der Waals surface area contributed by atoms with Crippen molar-refractivity contribution in [3.63, 3.8) is 0 Å². The topological polar surface area (TPSA) is 115 Å². The third-order valence-electron chi connectivity index (χ3n) is 0.681. The first-order chi connectivity index (χ1) is 5.09. The molecule has 0 aromatic rings. The molecule has 0 aliphatic rings. The van der Waals surface area contributed by atoms with E-state index in [9.17, 15) is 4.79 Å². The molecule has 11 heavy (non-hydrogen) atoms. The number of carboxylic acids is 1. The first-order valence-corrected chi connectivity index (χ1v) is 3.72. The van der Waals surface area contributed by atoms with Gasteiger partial charge < -0.3 is 22.3 Å². The molecule has 7 N–H and O–H groups in total. The maximum Gasteiger partial charge on any atom is 0.321 e. The summed E-state index contributed by atoms with van der Waals surface area (Å²) in [5.74, 6) is -0.815. The second-order valence-corrected chi connectivity index (χ2v) is 2.07. The predicted octanol–water partition coefficient (Wildman–Crippen LogP) is -1.77. The van der Waals surface area contributed by atoms with Crippen molar-refractivity contribution < 1.29 is 9.90 Å². The molecule has 0 aromatic heterocycles. The Bertz CT molecular complexity index is 99.7. The molecule has 0 aliphatic heterocycles. The molecule has 0 saturated heterocycles. The van der Waals surface area contributed by atoms with Crippen LogP contribution in [0.25, 0.3) is 0 Å². The lowest BCUT2D eigenvalue weighted by Crippen LogP contribution is -2.31. The highest BCUT2D eigenvalue weighted by Crippen LogP contribution is 1.80. The monoisotopic (exact) mass is 181 g/mol. The second kappa shape index (κ2) is 9.70. The Morgan fingerprint density at radius 3 is 1.82 bits per heavy atom. The number of nitrogens with two attached hydrogens (primary N) is 3. The number of carboxylic acid groups (broad SMARTS) is 1. The van der Waals surface area contributed by atoms with Crippen LogP contribution in [0, 0.1) is 0 Å². The van der Waals surface area contributed by atoms with Crippen molar-refractivity contribution >= 4 is 18.6 Å². The van der Waals surface area contributed by atoms with Crippen molar-refractivity contribution in [2.45, 2.75) is 6.04 Å². The lowest BCUT2D eigenvalue weighted by atomic mass is 10.4. The predicted molar refractivity (Wildman–Crippen MR) is 47.6 cm³/mol. The Kier molecular flexibility index (Phi) is 11.7. The summed E-state index contributed by atoms with van der Waals surface area (Å²) in [5, 5.41) is 8.01. The molecule has 68 valence electrons. The summed E-state index contributed by atoms with van der Waals surface area (Å²) in [6, 6.07) is -0.816. The molecule has 0 radical (unpaired) electrons. The number of thiol groups is 1. The Balaban J connectivity index is 0. The van der Waals surface area contributed by atoms with E-state index in [1.54, 1.807) is 0 Å². The Hall–Kier alpha value is -0.300. The third-order valence-corrected chi connectivity index (χ3v) is 1.07. The van der Waals surface area contributed by atoms with E-state index in [-0.39, 0.29) is 5.75 Å². The molecular formula is C5H15N3O2S. The van der Waals surface area contributed by atoms with Crippen molar-refractivity contribution in [1.82, 2.24) is 0 Å². The standard InChI is InChI=1S/C3H7NO2S.C2H8N2/c4-2(1-7)3(5)6;3-1-2-4/h2,7H,1,4H2,(H,5,6);1-4H2. The molecule has 1 unspecified atom stereocenters. The van der Waals surface area contributed by atoms with Gasteiger partial charge in [-0.05, 0) is 0 Å².